The van der Waals surface area contributed by atoms with Crippen LogP contribution in [0.3, 0.4) is 0 Å². The van der Waals surface area contributed by atoms with Crippen LogP contribution in [-0.2, 0) is 4.79 Å². The smallest absolute Gasteiger partial charge is 0.240 e. The van der Waals surface area contributed by atoms with Gasteiger partial charge >= 0.3 is 0 Å². The summed E-state index contributed by atoms with van der Waals surface area (Å²) in [6.07, 6.45) is 0.632. The Labute approximate surface area is 141 Å². The number of hydrogen-bond donors (Lipinski definition) is 0. The van der Waals surface area contributed by atoms with Crippen LogP contribution in [0.4, 0.5) is 0 Å². The Hall–Kier alpha value is -2.82. The van der Waals surface area contributed by atoms with Gasteiger partial charge < -0.3 is 9.47 Å². The van der Waals surface area contributed by atoms with E-state index in [9.17, 15) is 4.79 Å². The molecule has 0 spiro atoms. The maximum atomic E-state index is 12.1. The van der Waals surface area contributed by atoms with Gasteiger partial charge in [0.05, 0.1) is 26.0 Å². The van der Waals surface area contributed by atoms with E-state index in [1.165, 1.54) is 11.9 Å². The summed E-state index contributed by atoms with van der Waals surface area (Å²) in [5.41, 5.74) is 2.75. The monoisotopic (exact) mass is 324 g/mol. The molecule has 1 aliphatic heterocycles. The second-order valence-electron chi connectivity index (χ2n) is 5.61. The molecule has 1 heterocycles. The van der Waals surface area contributed by atoms with Gasteiger partial charge in [0.25, 0.3) is 0 Å². The fourth-order valence-electron chi connectivity index (χ4n) is 2.95. The first kappa shape index (κ1) is 16.1. The molecule has 0 fully saturated rings. The lowest BCUT2D eigenvalue weighted by Crippen LogP contribution is -2.24. The average Bonchev–Trinajstić information content (AvgIpc) is 3.07. The second kappa shape index (κ2) is 6.74. The summed E-state index contributed by atoms with van der Waals surface area (Å²) in [7, 11) is 3.27. The number of amides is 1. The van der Waals surface area contributed by atoms with Crippen LogP contribution in [0.25, 0.3) is 0 Å². The predicted molar refractivity (Wildman–Crippen MR) is 92.4 cm³/mol. The quantitative estimate of drug-likeness (QED) is 0.866. The van der Waals surface area contributed by atoms with Crippen molar-refractivity contribution in [3.63, 3.8) is 0 Å². The molecule has 0 saturated carbocycles. The molecule has 0 aromatic heterocycles. The van der Waals surface area contributed by atoms with Crippen molar-refractivity contribution >= 4 is 11.6 Å². The van der Waals surface area contributed by atoms with E-state index in [1.807, 2.05) is 48.5 Å². The van der Waals surface area contributed by atoms with Gasteiger partial charge in [-0.15, -0.1) is 0 Å². The Morgan fingerprint density at radius 2 is 1.92 bits per heavy atom. The van der Waals surface area contributed by atoms with E-state index in [-0.39, 0.29) is 11.9 Å². The van der Waals surface area contributed by atoms with Gasteiger partial charge in [-0.2, -0.15) is 5.10 Å². The number of hydrazone groups is 1. The minimum absolute atomic E-state index is 0.0901. The summed E-state index contributed by atoms with van der Waals surface area (Å²) in [5, 5.41) is 6.10. The summed E-state index contributed by atoms with van der Waals surface area (Å²) in [6.45, 7) is 1.53. The Kier molecular flexibility index (Phi) is 4.51. The Bertz CT molecular complexity index is 786. The zero-order valence-corrected chi connectivity index (χ0v) is 14.0. The van der Waals surface area contributed by atoms with Crippen molar-refractivity contribution in [2.75, 3.05) is 14.2 Å². The van der Waals surface area contributed by atoms with Crippen molar-refractivity contribution in [1.29, 1.82) is 0 Å². The largest absolute Gasteiger partial charge is 0.497 e. The van der Waals surface area contributed by atoms with Gasteiger partial charge in [-0.05, 0) is 29.8 Å². The van der Waals surface area contributed by atoms with E-state index >= 15 is 0 Å². The Morgan fingerprint density at radius 3 is 2.62 bits per heavy atom. The molecule has 0 unspecified atom stereocenters. The fourth-order valence-corrected chi connectivity index (χ4v) is 2.95. The van der Waals surface area contributed by atoms with Gasteiger partial charge in [0.1, 0.15) is 11.5 Å². The van der Waals surface area contributed by atoms with Gasteiger partial charge in [-0.1, -0.05) is 24.3 Å². The summed E-state index contributed by atoms with van der Waals surface area (Å²) >= 11 is 0. The van der Waals surface area contributed by atoms with Crippen LogP contribution in [0.1, 0.15) is 30.5 Å². The van der Waals surface area contributed by atoms with Crippen molar-refractivity contribution in [3.8, 4) is 11.5 Å². The van der Waals surface area contributed by atoms with Crippen LogP contribution in [-0.4, -0.2) is 30.8 Å². The highest BCUT2D eigenvalue weighted by atomic mass is 16.5. The van der Waals surface area contributed by atoms with Crippen molar-refractivity contribution in [2.45, 2.75) is 19.4 Å². The zero-order chi connectivity index (χ0) is 17.1. The minimum Gasteiger partial charge on any atom is -0.497 e. The number of rotatable bonds is 4. The molecule has 0 N–H and O–H groups in total. The van der Waals surface area contributed by atoms with E-state index < -0.39 is 0 Å². The first-order valence-corrected chi connectivity index (χ1v) is 7.78. The minimum atomic E-state index is -0.141. The molecule has 5 heteroatoms. The van der Waals surface area contributed by atoms with Gasteiger partial charge in [0.15, 0.2) is 0 Å². The fraction of sp³-hybridized carbons (Fsp3) is 0.263. The first-order chi connectivity index (χ1) is 11.6. The van der Waals surface area contributed by atoms with Crippen LogP contribution in [0, 0.1) is 0 Å². The lowest BCUT2D eigenvalue weighted by atomic mass is 9.98. The van der Waals surface area contributed by atoms with E-state index in [0.29, 0.717) is 6.42 Å². The van der Waals surface area contributed by atoms with E-state index in [2.05, 4.69) is 5.10 Å². The lowest BCUT2D eigenvalue weighted by Gasteiger charge is -2.20. The number of hydrogen-bond acceptors (Lipinski definition) is 4. The Morgan fingerprint density at radius 1 is 1.12 bits per heavy atom. The summed E-state index contributed by atoms with van der Waals surface area (Å²) in [6, 6.07) is 15.3. The van der Waals surface area contributed by atoms with Crippen molar-refractivity contribution in [1.82, 2.24) is 5.01 Å². The van der Waals surface area contributed by atoms with Gasteiger partial charge in [-0.3, -0.25) is 4.79 Å². The third-order valence-corrected chi connectivity index (χ3v) is 4.13. The van der Waals surface area contributed by atoms with Crippen molar-refractivity contribution in [3.05, 3.63) is 59.7 Å². The molecular weight excluding hydrogens is 304 g/mol. The number of benzene rings is 2. The standard InChI is InChI=1S/C19H20N2O3/c1-13(22)21-18(14-7-6-8-15(11-14)23-2)12-17(20-21)16-9-4-5-10-19(16)24-3/h4-11,18H,12H2,1-3H3/t18-/m0/s1. The molecule has 0 bridgehead atoms. The maximum absolute atomic E-state index is 12.1. The highest BCUT2D eigenvalue weighted by Gasteiger charge is 2.32. The number of nitrogens with zero attached hydrogens (tertiary/aromatic N) is 2. The molecule has 24 heavy (non-hydrogen) atoms. The van der Waals surface area contributed by atoms with Crippen LogP contribution in [0.2, 0.25) is 0 Å². The number of carbonyl (C=O) groups is 1. The van der Waals surface area contributed by atoms with Crippen LogP contribution >= 0.6 is 0 Å². The molecule has 1 atom stereocenters. The normalized spacial score (nSPS) is 16.7. The van der Waals surface area contributed by atoms with Crippen molar-refractivity contribution < 1.29 is 14.3 Å². The molecule has 5 nitrogen and oxygen atoms in total. The summed E-state index contributed by atoms with van der Waals surface area (Å²) in [5.74, 6) is 1.43. The number of carbonyl (C=O) groups excluding carboxylic acids is 1. The molecule has 0 radical (unpaired) electrons. The SMILES string of the molecule is COc1cccc([C@@H]2CC(c3ccccc3OC)=NN2C(C)=O)c1. The summed E-state index contributed by atoms with van der Waals surface area (Å²) in [4.78, 5) is 12.1. The topological polar surface area (TPSA) is 51.1 Å². The number of ether oxygens (including phenoxy) is 2. The average molecular weight is 324 g/mol. The molecule has 1 aliphatic rings. The molecule has 3 rings (SSSR count). The lowest BCUT2D eigenvalue weighted by molar-refractivity contribution is -0.130. The third-order valence-electron chi connectivity index (χ3n) is 4.13. The van der Waals surface area contributed by atoms with Crippen molar-refractivity contribution in [2.24, 2.45) is 5.10 Å². The number of methoxy groups -OCH3 is 2. The molecule has 2 aromatic carbocycles. The van der Waals surface area contributed by atoms with Crippen LogP contribution in [0.15, 0.2) is 53.6 Å². The maximum Gasteiger partial charge on any atom is 0.240 e. The van der Waals surface area contributed by atoms with Gasteiger partial charge in [-0.25, -0.2) is 5.01 Å². The van der Waals surface area contributed by atoms with Gasteiger partial charge in [0.2, 0.25) is 5.91 Å². The molecule has 0 aliphatic carbocycles. The van der Waals surface area contributed by atoms with E-state index in [1.54, 1.807) is 14.2 Å². The van der Waals surface area contributed by atoms with Crippen LogP contribution in [0.5, 0.6) is 11.5 Å². The predicted octanol–water partition coefficient (Wildman–Crippen LogP) is 3.40. The number of para-hydroxylation sites is 1. The Balaban J connectivity index is 1.98. The van der Waals surface area contributed by atoms with E-state index in [4.69, 9.17) is 9.47 Å². The second-order valence-corrected chi connectivity index (χ2v) is 5.61. The highest BCUT2D eigenvalue weighted by molar-refractivity contribution is 6.05. The van der Waals surface area contributed by atoms with E-state index in [0.717, 1.165) is 28.3 Å². The highest BCUT2D eigenvalue weighted by Crippen LogP contribution is 2.35. The molecule has 1 amide bonds. The summed E-state index contributed by atoms with van der Waals surface area (Å²) < 4.78 is 10.7. The van der Waals surface area contributed by atoms with Gasteiger partial charge in [0, 0.05) is 18.9 Å². The van der Waals surface area contributed by atoms with Crippen LogP contribution < -0.4 is 9.47 Å². The molecular formula is C19H20N2O3. The molecule has 124 valence electrons. The molecule has 0 saturated heterocycles. The molecule has 2 aromatic rings. The first-order valence-electron chi connectivity index (χ1n) is 7.78. The third kappa shape index (κ3) is 2.97. The zero-order valence-electron chi connectivity index (χ0n) is 14.0.